The van der Waals surface area contributed by atoms with Gasteiger partial charge in [0.1, 0.15) is 17.1 Å². The highest BCUT2D eigenvalue weighted by molar-refractivity contribution is 7.90. The van der Waals surface area contributed by atoms with E-state index < -0.39 is 16.1 Å². The van der Waals surface area contributed by atoms with Crippen LogP contribution in [0.4, 0.5) is 4.79 Å². The molecule has 0 radical (unpaired) electrons. The molecule has 3 aromatic carbocycles. The molecule has 43 heavy (non-hydrogen) atoms. The molecule has 0 aliphatic rings. The molecule has 0 aliphatic carbocycles. The van der Waals surface area contributed by atoms with Gasteiger partial charge in [-0.2, -0.15) is 5.90 Å². The van der Waals surface area contributed by atoms with E-state index in [0.717, 1.165) is 57.1 Å². The number of hydrogen-bond acceptors (Lipinski definition) is 8. The number of aryl methyl sites for hydroxylation is 3. The Kier molecular flexibility index (Phi) is 8.47. The number of carbonyl (C=O) groups is 1. The van der Waals surface area contributed by atoms with Crippen LogP contribution in [0.15, 0.2) is 77.7 Å². The Labute approximate surface area is 250 Å². The highest BCUT2D eigenvalue weighted by Gasteiger charge is 2.23. The number of nitrogens with two attached hydrogens (primary N) is 1. The number of sulfonamides is 1. The quantitative estimate of drug-likeness (QED) is 0.220. The summed E-state index contributed by atoms with van der Waals surface area (Å²) < 4.78 is 35.7. The van der Waals surface area contributed by atoms with Gasteiger partial charge in [-0.05, 0) is 78.4 Å². The van der Waals surface area contributed by atoms with Crippen LogP contribution < -0.4 is 15.4 Å². The molecule has 0 fully saturated rings. The maximum atomic E-state index is 13.2. The molecule has 1 amide bonds. The summed E-state index contributed by atoms with van der Waals surface area (Å²) in [6, 6.07) is 22.4. The van der Waals surface area contributed by atoms with Gasteiger partial charge in [-0.3, -0.25) is 0 Å². The van der Waals surface area contributed by atoms with Gasteiger partial charge < -0.3 is 14.1 Å². The van der Waals surface area contributed by atoms with Gasteiger partial charge in [0.25, 0.3) is 10.0 Å². The molecule has 0 spiro atoms. The van der Waals surface area contributed by atoms with Crippen LogP contribution in [-0.4, -0.2) is 36.2 Å². The summed E-state index contributed by atoms with van der Waals surface area (Å²) in [7, 11) is -2.68. The molecule has 0 aliphatic heterocycles. The molecule has 0 saturated carbocycles. The van der Waals surface area contributed by atoms with Crippen molar-refractivity contribution in [1.29, 1.82) is 0 Å². The molecule has 10 nitrogen and oxygen atoms in total. The number of pyridine rings is 1. The first kappa shape index (κ1) is 29.7. The predicted octanol–water partition coefficient (Wildman–Crippen LogP) is 5.21. The normalized spacial score (nSPS) is 11.5. The molecule has 222 valence electrons. The number of fused-ring (bicyclic) bond motifs is 1. The third kappa shape index (κ3) is 6.37. The largest absolute Gasteiger partial charge is 0.497 e. The van der Waals surface area contributed by atoms with Crippen molar-refractivity contribution in [3.05, 3.63) is 107 Å². The van der Waals surface area contributed by atoms with Gasteiger partial charge in [0.05, 0.1) is 18.6 Å². The Morgan fingerprint density at radius 3 is 2.37 bits per heavy atom. The van der Waals surface area contributed by atoms with Crippen LogP contribution in [0.25, 0.3) is 22.3 Å². The van der Waals surface area contributed by atoms with Crippen molar-refractivity contribution in [3.8, 4) is 16.9 Å². The van der Waals surface area contributed by atoms with Gasteiger partial charge in [-0.1, -0.05) is 49.4 Å². The van der Waals surface area contributed by atoms with E-state index in [0.29, 0.717) is 24.1 Å². The van der Waals surface area contributed by atoms with E-state index >= 15 is 0 Å². The molecule has 2 aromatic heterocycles. The molecule has 0 unspecified atom stereocenters. The lowest BCUT2D eigenvalue weighted by molar-refractivity contribution is 0.154. The second kappa shape index (κ2) is 12.2. The number of amides is 1. The highest BCUT2D eigenvalue weighted by Crippen LogP contribution is 2.31. The summed E-state index contributed by atoms with van der Waals surface area (Å²) in [6.45, 7) is 6.64. The average molecular weight is 600 g/mol. The molecule has 0 atom stereocenters. The van der Waals surface area contributed by atoms with E-state index in [1.165, 1.54) is 6.07 Å². The molecular weight excluding hydrogens is 566 g/mol. The minimum atomic E-state index is -4.29. The van der Waals surface area contributed by atoms with Gasteiger partial charge in [0, 0.05) is 17.7 Å². The topological polar surface area (TPSA) is 138 Å². The van der Waals surface area contributed by atoms with E-state index in [4.69, 9.17) is 20.6 Å². The second-order valence-corrected chi connectivity index (χ2v) is 11.9. The molecule has 0 saturated heterocycles. The highest BCUT2D eigenvalue weighted by atomic mass is 32.2. The average Bonchev–Trinajstić information content (AvgIpc) is 3.34. The zero-order chi connectivity index (χ0) is 30.7. The first-order chi connectivity index (χ1) is 20.6. The maximum Gasteiger partial charge on any atom is 0.439 e. The van der Waals surface area contributed by atoms with Crippen LogP contribution in [-0.2, 0) is 34.2 Å². The molecular formula is C32H33N5O5S. The Bertz CT molecular complexity index is 1920. The molecule has 11 heteroatoms. The summed E-state index contributed by atoms with van der Waals surface area (Å²) in [5.41, 5.74) is 7.72. The Morgan fingerprint density at radius 2 is 1.67 bits per heavy atom. The van der Waals surface area contributed by atoms with Crippen LogP contribution in [0.3, 0.4) is 0 Å². The number of nitrogens with zero attached hydrogens (tertiary/aromatic N) is 3. The summed E-state index contributed by atoms with van der Waals surface area (Å²) in [5, 5.41) is 0. The first-order valence-corrected chi connectivity index (χ1v) is 15.2. The fourth-order valence-electron chi connectivity index (χ4n) is 5.21. The third-order valence-corrected chi connectivity index (χ3v) is 8.59. The standard InChI is InChI=1S/C32H33N5O5S/c1-5-29-35-30-20(2)15-21(3)34-31(30)37(29)19-22-9-12-25(13-10-22)27-18-24(16-23-7-6-8-26(17-23)41-4)11-14-28(27)43(39,40)36-32(38)42-33/h6-15,17-18H,5,16,19,33H2,1-4H3,(H,36,38). The van der Waals surface area contributed by atoms with Gasteiger partial charge in [0.15, 0.2) is 5.65 Å². The lowest BCUT2D eigenvalue weighted by atomic mass is 9.98. The van der Waals surface area contributed by atoms with Crippen molar-refractivity contribution >= 4 is 27.3 Å². The zero-order valence-corrected chi connectivity index (χ0v) is 25.2. The van der Waals surface area contributed by atoms with Crippen LogP contribution in [0.5, 0.6) is 5.75 Å². The fourth-order valence-corrected chi connectivity index (χ4v) is 6.30. The monoisotopic (exact) mass is 599 g/mol. The van der Waals surface area contributed by atoms with Crippen molar-refractivity contribution < 1.29 is 22.8 Å². The van der Waals surface area contributed by atoms with E-state index in [1.54, 1.807) is 13.2 Å². The number of carbonyl (C=O) groups excluding carboxylic acids is 1. The van der Waals surface area contributed by atoms with Crippen molar-refractivity contribution in [2.24, 2.45) is 5.90 Å². The molecule has 2 heterocycles. The lowest BCUT2D eigenvalue weighted by Crippen LogP contribution is -2.33. The number of rotatable bonds is 9. The first-order valence-electron chi connectivity index (χ1n) is 13.7. The van der Waals surface area contributed by atoms with Crippen molar-refractivity contribution in [2.75, 3.05) is 7.11 Å². The number of imidazole rings is 1. The van der Waals surface area contributed by atoms with Gasteiger partial charge in [-0.25, -0.2) is 27.9 Å². The zero-order valence-electron chi connectivity index (χ0n) is 24.4. The van der Waals surface area contributed by atoms with Gasteiger partial charge in [0.2, 0.25) is 0 Å². The SMILES string of the molecule is CCc1nc2c(C)cc(C)nc2n1Cc1ccc(-c2cc(Cc3cccc(OC)c3)ccc2S(=O)(=O)NC(=O)ON)cc1. The summed E-state index contributed by atoms with van der Waals surface area (Å²) in [5.74, 6) is 6.56. The Balaban J connectivity index is 1.53. The maximum absolute atomic E-state index is 13.2. The second-order valence-electron chi connectivity index (χ2n) is 10.3. The number of methoxy groups -OCH3 is 1. The predicted molar refractivity (Wildman–Crippen MR) is 164 cm³/mol. The number of hydrogen-bond donors (Lipinski definition) is 2. The van der Waals surface area contributed by atoms with Crippen LogP contribution in [0.2, 0.25) is 0 Å². The van der Waals surface area contributed by atoms with Gasteiger partial charge in [-0.15, -0.1) is 0 Å². The lowest BCUT2D eigenvalue weighted by Gasteiger charge is -2.14. The Morgan fingerprint density at radius 1 is 0.953 bits per heavy atom. The molecule has 0 bridgehead atoms. The number of ether oxygens (including phenoxy) is 1. The van der Waals surface area contributed by atoms with E-state index in [1.807, 2.05) is 79.2 Å². The number of nitrogens with one attached hydrogen (secondary N) is 1. The molecule has 3 N–H and O–H groups in total. The minimum absolute atomic E-state index is 0.0796. The van der Waals surface area contributed by atoms with Crippen molar-refractivity contribution in [2.45, 2.75) is 45.1 Å². The summed E-state index contributed by atoms with van der Waals surface area (Å²) in [6.07, 6.45) is 0.0206. The van der Waals surface area contributed by atoms with Gasteiger partial charge >= 0.3 is 6.09 Å². The van der Waals surface area contributed by atoms with E-state index in [2.05, 4.69) is 16.3 Å². The minimum Gasteiger partial charge on any atom is -0.497 e. The van der Waals surface area contributed by atoms with Crippen LogP contribution in [0.1, 0.15) is 40.7 Å². The third-order valence-electron chi connectivity index (χ3n) is 7.22. The fraction of sp³-hybridized carbons (Fsp3) is 0.219. The summed E-state index contributed by atoms with van der Waals surface area (Å²) in [4.78, 5) is 25.3. The Hall–Kier alpha value is -4.74. The van der Waals surface area contributed by atoms with Crippen molar-refractivity contribution in [3.63, 3.8) is 0 Å². The van der Waals surface area contributed by atoms with Crippen molar-refractivity contribution in [1.82, 2.24) is 19.3 Å². The van der Waals surface area contributed by atoms with Crippen LogP contribution in [0, 0.1) is 13.8 Å². The van der Waals surface area contributed by atoms with E-state index in [9.17, 15) is 13.2 Å². The molecule has 5 aromatic rings. The molecule has 5 rings (SSSR count). The number of aromatic nitrogens is 3. The number of benzene rings is 3. The van der Waals surface area contributed by atoms with Crippen LogP contribution >= 0.6 is 0 Å². The summed E-state index contributed by atoms with van der Waals surface area (Å²) >= 11 is 0. The van der Waals surface area contributed by atoms with E-state index in [-0.39, 0.29) is 4.90 Å². The smallest absolute Gasteiger partial charge is 0.439 e.